The van der Waals surface area contributed by atoms with Crippen LogP contribution >= 0.6 is 0 Å². The average Bonchev–Trinajstić information content (AvgIpc) is 2.60. The highest BCUT2D eigenvalue weighted by molar-refractivity contribution is 5.81. The minimum absolute atomic E-state index is 0.0236. The fourth-order valence-corrected chi connectivity index (χ4v) is 2.50. The van der Waals surface area contributed by atoms with Gasteiger partial charge in [0.1, 0.15) is 13.4 Å². The molecule has 144 valence electrons. The normalized spacial score (nSPS) is 15.8. The van der Waals surface area contributed by atoms with Crippen LogP contribution < -0.4 is 0 Å². The van der Waals surface area contributed by atoms with Crippen LogP contribution in [0.15, 0.2) is 36.5 Å². The quantitative estimate of drug-likeness (QED) is 0.155. The summed E-state index contributed by atoms with van der Waals surface area (Å²) in [4.78, 5) is 11.6. The molecule has 0 aromatic rings. The van der Waals surface area contributed by atoms with Crippen molar-refractivity contribution in [3.63, 3.8) is 0 Å². The van der Waals surface area contributed by atoms with Crippen molar-refractivity contribution in [2.45, 2.75) is 52.2 Å². The van der Waals surface area contributed by atoms with Gasteiger partial charge in [0.15, 0.2) is 0 Å². The topological polar surface area (TPSA) is 54.0 Å². The van der Waals surface area contributed by atoms with E-state index >= 15 is 0 Å². The van der Waals surface area contributed by atoms with Crippen molar-refractivity contribution < 1.29 is 23.7 Å². The van der Waals surface area contributed by atoms with Crippen LogP contribution in [0.25, 0.3) is 0 Å². The number of carbonyl (C=O) groups excluding carboxylic acids is 1. The Hall–Kier alpha value is -1.43. The number of ether oxygens (including phenoxy) is 4. The molecule has 0 fully saturated rings. The zero-order valence-corrected chi connectivity index (χ0v) is 16.3. The fraction of sp³-hybridized carbons (Fsp3) is 0.650. The SMILES string of the molecule is C=CCC/C=C/C(=O)OC/C(C)=C\[C@@H](C)[C@H](OCOC)[C@H](CC)OC. The van der Waals surface area contributed by atoms with Gasteiger partial charge < -0.3 is 18.9 Å². The third-order valence-corrected chi connectivity index (χ3v) is 3.75. The molecule has 5 heteroatoms. The third kappa shape index (κ3) is 10.9. The molecule has 5 nitrogen and oxygen atoms in total. The van der Waals surface area contributed by atoms with Gasteiger partial charge in [0.25, 0.3) is 0 Å². The van der Waals surface area contributed by atoms with E-state index in [1.54, 1.807) is 20.3 Å². The summed E-state index contributed by atoms with van der Waals surface area (Å²) in [7, 11) is 3.28. The van der Waals surface area contributed by atoms with Crippen LogP contribution in [0.2, 0.25) is 0 Å². The predicted octanol–water partition coefficient (Wildman–Crippen LogP) is 4.05. The summed E-state index contributed by atoms with van der Waals surface area (Å²) < 4.78 is 21.6. The van der Waals surface area contributed by atoms with Crippen LogP contribution in [0.5, 0.6) is 0 Å². The van der Waals surface area contributed by atoms with E-state index in [0.29, 0.717) is 0 Å². The standard InChI is InChI=1S/C20H34O5/c1-7-9-10-11-12-19(21)24-14-16(3)13-17(4)20(25-15-22-5)18(8-2)23-6/h7,11-13,17-18,20H,1,8-10,14-15H2,2-6H3/b12-11+,16-13-/t17-,18+,20+/m1/s1. The number of rotatable bonds is 14. The van der Waals surface area contributed by atoms with Crippen LogP contribution in [0.1, 0.15) is 40.0 Å². The Morgan fingerprint density at radius 1 is 1.24 bits per heavy atom. The molecule has 0 aliphatic heterocycles. The summed E-state index contributed by atoms with van der Waals surface area (Å²) in [5.41, 5.74) is 0.970. The molecule has 0 spiro atoms. The van der Waals surface area contributed by atoms with Gasteiger partial charge >= 0.3 is 5.97 Å². The van der Waals surface area contributed by atoms with Crippen molar-refractivity contribution >= 4 is 5.97 Å². The van der Waals surface area contributed by atoms with Crippen LogP contribution in [0.4, 0.5) is 0 Å². The number of unbranched alkanes of at least 4 members (excludes halogenated alkanes) is 1. The first-order valence-electron chi connectivity index (χ1n) is 8.74. The molecule has 0 amide bonds. The van der Waals surface area contributed by atoms with Gasteiger partial charge in [0, 0.05) is 26.2 Å². The van der Waals surface area contributed by atoms with Crippen LogP contribution in [-0.4, -0.2) is 45.8 Å². The van der Waals surface area contributed by atoms with Crippen molar-refractivity contribution in [1.82, 2.24) is 0 Å². The highest BCUT2D eigenvalue weighted by Crippen LogP contribution is 2.19. The Balaban J connectivity index is 4.61. The van der Waals surface area contributed by atoms with E-state index in [9.17, 15) is 4.79 Å². The maximum absolute atomic E-state index is 11.6. The molecule has 0 heterocycles. The second kappa shape index (κ2) is 14.9. The van der Waals surface area contributed by atoms with E-state index < -0.39 is 0 Å². The van der Waals surface area contributed by atoms with E-state index in [4.69, 9.17) is 18.9 Å². The minimum Gasteiger partial charge on any atom is -0.458 e. The van der Waals surface area contributed by atoms with E-state index in [1.165, 1.54) is 6.08 Å². The second-order valence-corrected chi connectivity index (χ2v) is 5.97. The zero-order chi connectivity index (χ0) is 19.1. The lowest BCUT2D eigenvalue weighted by molar-refractivity contribution is -0.137. The lowest BCUT2D eigenvalue weighted by Crippen LogP contribution is -2.36. The molecular weight excluding hydrogens is 320 g/mol. The van der Waals surface area contributed by atoms with Gasteiger partial charge in [-0.1, -0.05) is 32.1 Å². The molecule has 0 aliphatic rings. The van der Waals surface area contributed by atoms with Crippen molar-refractivity contribution in [1.29, 1.82) is 0 Å². The molecule has 0 unspecified atom stereocenters. The first-order valence-corrected chi connectivity index (χ1v) is 8.74. The summed E-state index contributed by atoms with van der Waals surface area (Å²) in [6, 6.07) is 0. The molecule has 0 rings (SSSR count). The number of carbonyl (C=O) groups is 1. The van der Waals surface area contributed by atoms with E-state index in [2.05, 4.69) is 26.5 Å². The van der Waals surface area contributed by atoms with E-state index in [-0.39, 0.29) is 37.5 Å². The minimum atomic E-state index is -0.333. The Morgan fingerprint density at radius 2 is 1.96 bits per heavy atom. The van der Waals surface area contributed by atoms with Crippen molar-refractivity contribution in [3.05, 3.63) is 36.5 Å². The molecule has 0 saturated carbocycles. The Labute approximate surface area is 152 Å². The molecule has 25 heavy (non-hydrogen) atoms. The Kier molecular flexibility index (Phi) is 14.0. The second-order valence-electron chi connectivity index (χ2n) is 5.97. The summed E-state index contributed by atoms with van der Waals surface area (Å²) in [5, 5.41) is 0. The van der Waals surface area contributed by atoms with Crippen LogP contribution in [0, 0.1) is 5.92 Å². The van der Waals surface area contributed by atoms with E-state index in [1.807, 2.05) is 13.0 Å². The summed E-state index contributed by atoms with van der Waals surface area (Å²) in [6.07, 6.45) is 9.45. The summed E-state index contributed by atoms with van der Waals surface area (Å²) in [6.45, 7) is 10.2. The number of hydrogen-bond acceptors (Lipinski definition) is 5. The van der Waals surface area contributed by atoms with Gasteiger partial charge in [-0.25, -0.2) is 4.79 Å². The Bertz CT molecular complexity index is 424. The molecule has 0 bridgehead atoms. The molecule has 0 aliphatic carbocycles. The first-order chi connectivity index (χ1) is 12.0. The maximum Gasteiger partial charge on any atom is 0.330 e. The lowest BCUT2D eigenvalue weighted by Gasteiger charge is -2.29. The highest BCUT2D eigenvalue weighted by Gasteiger charge is 2.25. The summed E-state index contributed by atoms with van der Waals surface area (Å²) in [5.74, 6) is -0.234. The number of allylic oxidation sites excluding steroid dienone is 2. The molecule has 0 aromatic heterocycles. The lowest BCUT2D eigenvalue weighted by atomic mass is 9.96. The van der Waals surface area contributed by atoms with Gasteiger partial charge in [-0.05, 0) is 31.8 Å². The fourth-order valence-electron chi connectivity index (χ4n) is 2.50. The smallest absolute Gasteiger partial charge is 0.330 e. The predicted molar refractivity (Wildman–Crippen MR) is 100 cm³/mol. The molecule has 3 atom stereocenters. The summed E-state index contributed by atoms with van der Waals surface area (Å²) >= 11 is 0. The van der Waals surface area contributed by atoms with Gasteiger partial charge in [-0.15, -0.1) is 6.58 Å². The maximum atomic E-state index is 11.6. The first kappa shape index (κ1) is 23.6. The van der Waals surface area contributed by atoms with Crippen molar-refractivity contribution in [2.24, 2.45) is 5.92 Å². The molecule has 0 N–H and O–H groups in total. The third-order valence-electron chi connectivity index (χ3n) is 3.75. The molecule has 0 saturated heterocycles. The zero-order valence-electron chi connectivity index (χ0n) is 16.3. The largest absolute Gasteiger partial charge is 0.458 e. The van der Waals surface area contributed by atoms with Crippen molar-refractivity contribution in [2.75, 3.05) is 27.6 Å². The van der Waals surface area contributed by atoms with Gasteiger partial charge in [-0.3, -0.25) is 0 Å². The average molecular weight is 354 g/mol. The molecule has 0 aromatic carbocycles. The molecule has 0 radical (unpaired) electrons. The number of esters is 1. The van der Waals surface area contributed by atoms with E-state index in [0.717, 1.165) is 24.8 Å². The van der Waals surface area contributed by atoms with Gasteiger partial charge in [-0.2, -0.15) is 0 Å². The molecular formula is C20H34O5. The van der Waals surface area contributed by atoms with Gasteiger partial charge in [0.05, 0.1) is 12.2 Å². The monoisotopic (exact) mass is 354 g/mol. The van der Waals surface area contributed by atoms with Crippen LogP contribution in [0.3, 0.4) is 0 Å². The van der Waals surface area contributed by atoms with Crippen LogP contribution in [-0.2, 0) is 23.7 Å². The van der Waals surface area contributed by atoms with Crippen molar-refractivity contribution in [3.8, 4) is 0 Å². The number of methoxy groups -OCH3 is 2. The number of hydrogen-bond donors (Lipinski definition) is 0. The van der Waals surface area contributed by atoms with Gasteiger partial charge in [0.2, 0.25) is 0 Å². The Morgan fingerprint density at radius 3 is 2.52 bits per heavy atom. The highest BCUT2D eigenvalue weighted by atomic mass is 16.7.